The Morgan fingerprint density at radius 2 is 2.07 bits per heavy atom. The van der Waals surface area contributed by atoms with Crippen LogP contribution in [-0.2, 0) is 19.0 Å². The van der Waals surface area contributed by atoms with Gasteiger partial charge in [-0.05, 0) is 5.56 Å². The maximum absolute atomic E-state index is 11.3. The summed E-state index contributed by atoms with van der Waals surface area (Å²) in [5, 5.41) is 4.24. The van der Waals surface area contributed by atoms with E-state index in [4.69, 9.17) is 5.73 Å². The van der Waals surface area contributed by atoms with Crippen LogP contribution < -0.4 is 11.3 Å². The molecule has 0 radical (unpaired) electrons. The predicted molar refractivity (Wildman–Crippen MR) is 56.1 cm³/mol. The molecule has 0 unspecified atom stereocenters. The normalized spacial score (nSPS) is 11.8. The molecule has 78 valence electrons. The number of nitrogens with zero attached hydrogens (tertiary/aromatic N) is 2. The van der Waals surface area contributed by atoms with Crippen molar-refractivity contribution < 1.29 is 0 Å². The second kappa shape index (κ2) is 3.53. The summed E-state index contributed by atoms with van der Waals surface area (Å²) < 4.78 is 1.35. The van der Waals surface area contributed by atoms with Gasteiger partial charge >= 0.3 is 0 Å². The lowest BCUT2D eigenvalue weighted by Gasteiger charge is -2.21. The van der Waals surface area contributed by atoms with Crippen molar-refractivity contribution in [3.63, 3.8) is 0 Å². The average Bonchev–Trinajstić information content (AvgIpc) is 2.07. The van der Waals surface area contributed by atoms with Crippen molar-refractivity contribution >= 4 is 0 Å². The Labute approximate surface area is 83.7 Å². The highest BCUT2D eigenvalue weighted by molar-refractivity contribution is 5.23. The van der Waals surface area contributed by atoms with Crippen LogP contribution in [0.15, 0.2) is 10.9 Å². The highest BCUT2D eigenvalue weighted by Gasteiger charge is 2.20. The van der Waals surface area contributed by atoms with Crippen LogP contribution in [0, 0.1) is 0 Å². The van der Waals surface area contributed by atoms with Crippen molar-refractivity contribution in [2.24, 2.45) is 12.8 Å². The first-order chi connectivity index (χ1) is 6.36. The zero-order chi connectivity index (χ0) is 10.9. The molecule has 2 N–H and O–H groups in total. The van der Waals surface area contributed by atoms with E-state index < -0.39 is 0 Å². The van der Waals surface area contributed by atoms with Crippen molar-refractivity contribution in [1.29, 1.82) is 0 Å². The molecule has 0 aliphatic carbocycles. The van der Waals surface area contributed by atoms with E-state index in [-0.39, 0.29) is 11.0 Å². The summed E-state index contributed by atoms with van der Waals surface area (Å²) in [6.07, 6.45) is 0. The number of hydrogen-bond acceptors (Lipinski definition) is 3. The van der Waals surface area contributed by atoms with Gasteiger partial charge in [0.1, 0.15) is 0 Å². The summed E-state index contributed by atoms with van der Waals surface area (Å²) in [6, 6.07) is 1.56. The highest BCUT2D eigenvalue weighted by atomic mass is 16.1. The average molecular weight is 195 g/mol. The zero-order valence-electron chi connectivity index (χ0n) is 9.16. The Balaban J connectivity index is 3.43. The van der Waals surface area contributed by atoms with E-state index in [1.54, 1.807) is 13.1 Å². The van der Waals surface area contributed by atoms with Gasteiger partial charge in [0.05, 0.1) is 5.69 Å². The molecule has 0 amide bonds. The Kier molecular flexibility index (Phi) is 2.76. The second-order valence-corrected chi connectivity index (χ2v) is 4.43. The molecule has 4 heteroatoms. The van der Waals surface area contributed by atoms with Crippen molar-refractivity contribution in [3.05, 3.63) is 27.7 Å². The molecular weight excluding hydrogens is 178 g/mol. The van der Waals surface area contributed by atoms with Gasteiger partial charge in [-0.1, -0.05) is 20.8 Å². The van der Waals surface area contributed by atoms with E-state index in [9.17, 15) is 4.79 Å². The fourth-order valence-corrected chi connectivity index (χ4v) is 1.36. The van der Waals surface area contributed by atoms with Gasteiger partial charge < -0.3 is 5.73 Å². The minimum absolute atomic E-state index is 0.0832. The Morgan fingerprint density at radius 1 is 1.50 bits per heavy atom. The van der Waals surface area contributed by atoms with Gasteiger partial charge in [0.25, 0.3) is 5.56 Å². The monoisotopic (exact) mass is 195 g/mol. The second-order valence-electron chi connectivity index (χ2n) is 4.43. The summed E-state index contributed by atoms with van der Waals surface area (Å²) in [4.78, 5) is 11.3. The topological polar surface area (TPSA) is 60.9 Å². The number of nitrogens with two attached hydrogens (primary N) is 1. The van der Waals surface area contributed by atoms with Crippen LogP contribution in [0.5, 0.6) is 0 Å². The van der Waals surface area contributed by atoms with Crippen molar-refractivity contribution in [2.75, 3.05) is 0 Å². The van der Waals surface area contributed by atoms with Gasteiger partial charge in [-0.2, -0.15) is 5.10 Å². The molecule has 0 bridgehead atoms. The predicted octanol–water partition coefficient (Wildman–Crippen LogP) is 0.537. The fraction of sp³-hybridized carbons (Fsp3) is 0.600. The largest absolute Gasteiger partial charge is 0.326 e. The van der Waals surface area contributed by atoms with E-state index in [0.29, 0.717) is 6.54 Å². The van der Waals surface area contributed by atoms with Crippen LogP contribution in [0.1, 0.15) is 32.0 Å². The summed E-state index contributed by atoms with van der Waals surface area (Å²) in [5.41, 5.74) is 7.11. The zero-order valence-corrected chi connectivity index (χ0v) is 9.16. The quantitative estimate of drug-likeness (QED) is 0.711. The standard InChI is InChI=1S/C10H17N3O/c1-10(2,3)9-7(6-11)5-8(14)13(4)12-9/h5H,6,11H2,1-4H3. The third-order valence-electron chi connectivity index (χ3n) is 2.10. The SMILES string of the molecule is Cn1nc(C(C)(C)C)c(CN)cc1=O. The summed E-state index contributed by atoms with van der Waals surface area (Å²) in [5.74, 6) is 0. The van der Waals surface area contributed by atoms with Gasteiger partial charge in [0.2, 0.25) is 0 Å². The third kappa shape index (κ3) is 2.01. The van der Waals surface area contributed by atoms with Crippen LogP contribution in [0.25, 0.3) is 0 Å². The van der Waals surface area contributed by atoms with E-state index in [0.717, 1.165) is 11.3 Å². The lowest BCUT2D eigenvalue weighted by molar-refractivity contribution is 0.522. The molecule has 0 saturated heterocycles. The Hall–Kier alpha value is -1.16. The summed E-state index contributed by atoms with van der Waals surface area (Å²) in [6.45, 7) is 6.52. The first kappa shape index (κ1) is 10.9. The molecule has 0 fully saturated rings. The Bertz CT molecular complexity index is 387. The van der Waals surface area contributed by atoms with Crippen LogP contribution in [0.3, 0.4) is 0 Å². The molecule has 1 aromatic rings. The molecule has 14 heavy (non-hydrogen) atoms. The molecule has 0 aliphatic heterocycles. The molecule has 1 heterocycles. The van der Waals surface area contributed by atoms with Crippen LogP contribution in [0.2, 0.25) is 0 Å². The summed E-state index contributed by atoms with van der Waals surface area (Å²) in [7, 11) is 1.65. The number of aromatic nitrogens is 2. The number of aryl methyl sites for hydroxylation is 1. The van der Waals surface area contributed by atoms with Crippen LogP contribution >= 0.6 is 0 Å². The van der Waals surface area contributed by atoms with Crippen LogP contribution in [0.4, 0.5) is 0 Å². The van der Waals surface area contributed by atoms with Crippen molar-refractivity contribution in [2.45, 2.75) is 32.7 Å². The van der Waals surface area contributed by atoms with E-state index in [2.05, 4.69) is 25.9 Å². The molecule has 0 aliphatic rings. The molecule has 0 spiro atoms. The maximum atomic E-state index is 11.3. The lowest BCUT2D eigenvalue weighted by Crippen LogP contribution is -2.28. The third-order valence-corrected chi connectivity index (χ3v) is 2.10. The number of rotatable bonds is 1. The molecule has 0 saturated carbocycles. The molecule has 1 aromatic heterocycles. The Morgan fingerprint density at radius 3 is 2.50 bits per heavy atom. The van der Waals surface area contributed by atoms with Crippen molar-refractivity contribution in [3.8, 4) is 0 Å². The van der Waals surface area contributed by atoms with E-state index >= 15 is 0 Å². The highest BCUT2D eigenvalue weighted by Crippen LogP contribution is 2.21. The molecular formula is C10H17N3O. The molecule has 0 atom stereocenters. The smallest absolute Gasteiger partial charge is 0.266 e. The fourth-order valence-electron chi connectivity index (χ4n) is 1.36. The number of hydrogen-bond donors (Lipinski definition) is 1. The minimum atomic E-state index is -0.113. The molecule has 1 rings (SSSR count). The molecule has 4 nitrogen and oxygen atoms in total. The lowest BCUT2D eigenvalue weighted by atomic mass is 9.89. The maximum Gasteiger partial charge on any atom is 0.266 e. The van der Waals surface area contributed by atoms with Gasteiger partial charge in [0.15, 0.2) is 0 Å². The van der Waals surface area contributed by atoms with Gasteiger partial charge in [-0.3, -0.25) is 4.79 Å². The van der Waals surface area contributed by atoms with Crippen molar-refractivity contribution in [1.82, 2.24) is 9.78 Å². The molecule has 0 aromatic carbocycles. The minimum Gasteiger partial charge on any atom is -0.326 e. The van der Waals surface area contributed by atoms with Crippen LogP contribution in [-0.4, -0.2) is 9.78 Å². The van der Waals surface area contributed by atoms with Gasteiger partial charge in [0, 0.05) is 25.1 Å². The first-order valence-corrected chi connectivity index (χ1v) is 4.64. The van der Waals surface area contributed by atoms with Gasteiger partial charge in [-0.25, -0.2) is 4.68 Å². The van der Waals surface area contributed by atoms with E-state index in [1.165, 1.54) is 4.68 Å². The van der Waals surface area contributed by atoms with E-state index in [1.807, 2.05) is 0 Å². The summed E-state index contributed by atoms with van der Waals surface area (Å²) >= 11 is 0. The van der Waals surface area contributed by atoms with Gasteiger partial charge in [-0.15, -0.1) is 0 Å². The first-order valence-electron chi connectivity index (χ1n) is 4.64.